The van der Waals surface area contributed by atoms with E-state index in [4.69, 9.17) is 4.74 Å². The number of hydrogen-bond donors (Lipinski definition) is 2. The molecule has 25 heavy (non-hydrogen) atoms. The van der Waals surface area contributed by atoms with E-state index in [9.17, 15) is 19.5 Å². The van der Waals surface area contributed by atoms with Gasteiger partial charge < -0.3 is 15.2 Å². The van der Waals surface area contributed by atoms with Gasteiger partial charge in [-0.05, 0) is 24.5 Å². The molecular weight excluding hydrogens is 324 g/mol. The first-order chi connectivity index (χ1) is 12.1. The molecule has 2 aliphatic heterocycles. The third-order valence-electron chi connectivity index (χ3n) is 4.60. The highest BCUT2D eigenvalue weighted by Gasteiger charge is 2.38. The minimum atomic E-state index is -1.06. The fraction of sp³-hybridized carbons (Fsp3) is 0.500. The maximum Gasteiger partial charge on any atom is 0.327 e. The van der Waals surface area contributed by atoms with Crippen molar-refractivity contribution in [3.8, 4) is 5.75 Å². The summed E-state index contributed by atoms with van der Waals surface area (Å²) in [6, 6.07) is 4.39. The summed E-state index contributed by atoms with van der Waals surface area (Å²) in [5.41, 5.74) is 1.35. The van der Waals surface area contributed by atoms with Gasteiger partial charge in [-0.15, -0.1) is 0 Å². The van der Waals surface area contributed by atoms with Gasteiger partial charge in [0.05, 0.1) is 18.8 Å². The number of hydrogen-bond acceptors (Lipinski definition) is 4. The van der Waals surface area contributed by atoms with Crippen molar-refractivity contribution in [3.05, 3.63) is 23.8 Å². The number of carboxylic acids is 1. The lowest BCUT2D eigenvalue weighted by Crippen LogP contribution is -2.47. The molecule has 2 heterocycles. The summed E-state index contributed by atoms with van der Waals surface area (Å²) in [6.45, 7) is 0.356. The molecule has 2 N–H and O–H groups in total. The van der Waals surface area contributed by atoms with Crippen molar-refractivity contribution in [2.45, 2.75) is 44.6 Å². The maximum atomic E-state index is 12.6. The van der Waals surface area contributed by atoms with E-state index in [0.29, 0.717) is 24.5 Å². The second-order valence-corrected chi connectivity index (χ2v) is 6.40. The van der Waals surface area contributed by atoms with Crippen LogP contribution in [0.2, 0.25) is 0 Å². The number of amides is 2. The number of carbonyl (C=O) groups excluding carboxylic acids is 2. The van der Waals surface area contributed by atoms with Crippen LogP contribution in [0.5, 0.6) is 5.75 Å². The molecule has 3 rings (SSSR count). The quantitative estimate of drug-likeness (QED) is 0.803. The van der Waals surface area contributed by atoms with Crippen LogP contribution in [0.25, 0.3) is 0 Å². The molecule has 0 aromatic heterocycles. The topological polar surface area (TPSA) is 95.9 Å². The standard InChI is InChI=1S/C18H22N2O5/c21-16-5-3-1-2-4-8-25-13-7-6-12-9-15(18(23)24)20(14(12)10-13)17(22)11-19-16/h6-7,10,15H,1-5,8-9,11H2,(H,19,21)(H,23,24). The first-order valence-corrected chi connectivity index (χ1v) is 8.63. The molecule has 2 bridgehead atoms. The van der Waals surface area contributed by atoms with Crippen LogP contribution in [0.15, 0.2) is 18.2 Å². The minimum Gasteiger partial charge on any atom is -0.494 e. The van der Waals surface area contributed by atoms with Gasteiger partial charge in [0.25, 0.3) is 0 Å². The molecule has 2 amide bonds. The zero-order valence-corrected chi connectivity index (χ0v) is 14.0. The SMILES string of the molecule is O=C1CCCCCCOc2ccc3c(c2)N(C(=O)CN1)C(C(=O)O)C3. The molecule has 0 radical (unpaired) electrons. The lowest BCUT2D eigenvalue weighted by Gasteiger charge is -2.23. The van der Waals surface area contributed by atoms with Crippen molar-refractivity contribution >= 4 is 23.5 Å². The van der Waals surface area contributed by atoms with Gasteiger partial charge in [-0.1, -0.05) is 18.9 Å². The molecule has 1 aromatic rings. The average Bonchev–Trinajstić information content (AvgIpc) is 2.97. The number of rotatable bonds is 1. The lowest BCUT2D eigenvalue weighted by atomic mass is 10.1. The number of ether oxygens (including phenoxy) is 1. The summed E-state index contributed by atoms with van der Waals surface area (Å²) < 4.78 is 5.74. The van der Waals surface area contributed by atoms with Gasteiger partial charge in [0, 0.05) is 18.9 Å². The third-order valence-corrected chi connectivity index (χ3v) is 4.60. The largest absolute Gasteiger partial charge is 0.494 e. The Balaban J connectivity index is 1.88. The molecule has 0 fully saturated rings. The van der Waals surface area contributed by atoms with Gasteiger partial charge in [0.2, 0.25) is 11.8 Å². The van der Waals surface area contributed by atoms with Crippen LogP contribution in [-0.2, 0) is 20.8 Å². The highest BCUT2D eigenvalue weighted by atomic mass is 16.5. The molecule has 0 aliphatic carbocycles. The van der Waals surface area contributed by atoms with Crippen LogP contribution in [0.3, 0.4) is 0 Å². The highest BCUT2D eigenvalue weighted by molar-refractivity contribution is 6.04. The van der Waals surface area contributed by atoms with Crippen LogP contribution in [0.4, 0.5) is 5.69 Å². The summed E-state index contributed by atoms with van der Waals surface area (Å²) in [4.78, 5) is 37.3. The van der Waals surface area contributed by atoms with Gasteiger partial charge in [0.15, 0.2) is 0 Å². The molecule has 7 nitrogen and oxygen atoms in total. The Morgan fingerprint density at radius 2 is 2.00 bits per heavy atom. The average molecular weight is 346 g/mol. The molecule has 7 heteroatoms. The van der Waals surface area contributed by atoms with E-state index in [1.807, 2.05) is 12.1 Å². The number of anilines is 1. The number of carbonyl (C=O) groups is 3. The zero-order chi connectivity index (χ0) is 17.8. The van der Waals surface area contributed by atoms with Crippen molar-refractivity contribution in [3.63, 3.8) is 0 Å². The molecule has 134 valence electrons. The summed E-state index contributed by atoms with van der Waals surface area (Å²) in [5.74, 6) is -1.04. The van der Waals surface area contributed by atoms with Crippen molar-refractivity contribution in [1.82, 2.24) is 5.32 Å². The van der Waals surface area contributed by atoms with Crippen molar-refractivity contribution in [2.75, 3.05) is 18.1 Å². The normalized spacial score (nSPS) is 21.8. The summed E-state index contributed by atoms with van der Waals surface area (Å²) in [7, 11) is 0. The minimum absolute atomic E-state index is 0.181. The predicted octanol–water partition coefficient (Wildman–Crippen LogP) is 1.49. The first-order valence-electron chi connectivity index (χ1n) is 8.63. The predicted molar refractivity (Wildman–Crippen MR) is 90.6 cm³/mol. The maximum absolute atomic E-state index is 12.6. The Bertz CT molecular complexity index is 688. The smallest absolute Gasteiger partial charge is 0.327 e. The molecule has 1 unspecified atom stereocenters. The van der Waals surface area contributed by atoms with Crippen LogP contribution in [-0.4, -0.2) is 42.1 Å². The molecule has 1 aromatic carbocycles. The fourth-order valence-corrected chi connectivity index (χ4v) is 3.28. The Morgan fingerprint density at radius 3 is 2.80 bits per heavy atom. The van der Waals surface area contributed by atoms with Gasteiger partial charge in [-0.2, -0.15) is 0 Å². The Labute approximate surface area is 146 Å². The molecular formula is C18H22N2O5. The van der Waals surface area contributed by atoms with E-state index in [1.54, 1.807) is 6.07 Å². The van der Waals surface area contributed by atoms with Crippen molar-refractivity contribution in [2.24, 2.45) is 0 Å². The summed E-state index contributed by atoms with van der Waals surface area (Å²) >= 11 is 0. The number of nitrogens with zero attached hydrogens (tertiary/aromatic N) is 1. The number of benzene rings is 1. The van der Waals surface area contributed by atoms with Crippen molar-refractivity contribution in [1.29, 1.82) is 0 Å². The van der Waals surface area contributed by atoms with Crippen LogP contribution in [0, 0.1) is 0 Å². The third kappa shape index (κ3) is 3.92. The second kappa shape index (κ2) is 7.55. The first kappa shape index (κ1) is 17.3. The van der Waals surface area contributed by atoms with Crippen LogP contribution < -0.4 is 15.0 Å². The summed E-state index contributed by atoms with van der Waals surface area (Å²) in [5, 5.41) is 12.1. The monoisotopic (exact) mass is 346 g/mol. The zero-order valence-electron chi connectivity index (χ0n) is 14.0. The Hall–Kier alpha value is -2.57. The molecule has 1 atom stereocenters. The fourth-order valence-electron chi connectivity index (χ4n) is 3.28. The number of nitrogens with one attached hydrogen (secondary N) is 1. The van der Waals surface area contributed by atoms with E-state index in [1.165, 1.54) is 4.90 Å². The lowest BCUT2D eigenvalue weighted by molar-refractivity contribution is -0.139. The molecule has 0 spiro atoms. The molecule has 2 aliphatic rings. The number of fused-ring (bicyclic) bond motifs is 1. The number of aliphatic carboxylic acids is 1. The Morgan fingerprint density at radius 1 is 1.20 bits per heavy atom. The van der Waals surface area contributed by atoms with Gasteiger partial charge >= 0.3 is 5.97 Å². The van der Waals surface area contributed by atoms with Crippen molar-refractivity contribution < 1.29 is 24.2 Å². The van der Waals surface area contributed by atoms with Crippen LogP contribution in [0.1, 0.15) is 37.7 Å². The van der Waals surface area contributed by atoms with Gasteiger partial charge in [0.1, 0.15) is 11.8 Å². The van der Waals surface area contributed by atoms with E-state index in [2.05, 4.69) is 5.32 Å². The van der Waals surface area contributed by atoms with Gasteiger partial charge in [-0.3, -0.25) is 14.5 Å². The van der Waals surface area contributed by atoms with Gasteiger partial charge in [-0.25, -0.2) is 4.79 Å². The summed E-state index contributed by atoms with van der Waals surface area (Å²) in [6.07, 6.45) is 4.19. The van der Waals surface area contributed by atoms with E-state index < -0.39 is 17.9 Å². The van der Waals surface area contributed by atoms with E-state index in [0.717, 1.165) is 31.2 Å². The number of carboxylic acid groups (broad SMARTS) is 1. The Kier molecular flexibility index (Phi) is 5.21. The van der Waals surface area contributed by atoms with E-state index >= 15 is 0 Å². The van der Waals surface area contributed by atoms with Crippen LogP contribution >= 0.6 is 0 Å². The molecule has 0 saturated carbocycles. The second-order valence-electron chi connectivity index (χ2n) is 6.40. The molecule has 0 saturated heterocycles. The van der Waals surface area contributed by atoms with E-state index in [-0.39, 0.29) is 18.9 Å². The highest BCUT2D eigenvalue weighted by Crippen LogP contribution is 2.35.